The summed E-state index contributed by atoms with van der Waals surface area (Å²) in [6.07, 6.45) is 2.90. The zero-order valence-electron chi connectivity index (χ0n) is 43.2. The molecule has 0 aromatic heterocycles. The summed E-state index contributed by atoms with van der Waals surface area (Å²) in [7, 11) is 7.70. The topological polar surface area (TPSA) is 210 Å². The van der Waals surface area contributed by atoms with E-state index in [0.29, 0.717) is 38.2 Å². The molecule has 0 aromatic carbocycles. The first-order valence-corrected chi connectivity index (χ1v) is 25.0. The lowest BCUT2D eigenvalue weighted by Crippen LogP contribution is -2.61. The van der Waals surface area contributed by atoms with E-state index in [1.807, 2.05) is 48.5 Å². The smallest absolute Gasteiger partial charge is 0.256 e. The highest BCUT2D eigenvalue weighted by atomic mass is 32.2. The van der Waals surface area contributed by atoms with Gasteiger partial charge in [-0.05, 0) is 75.5 Å². The third-order valence-corrected chi connectivity index (χ3v) is 13.6. The highest BCUT2D eigenvalue weighted by Gasteiger charge is 2.41. The molecule has 0 aliphatic carbocycles. The number of ether oxygens (including phenoxy) is 1. The Hall–Kier alpha value is -3.97. The Morgan fingerprint density at radius 2 is 1.17 bits per heavy atom. The van der Waals surface area contributed by atoms with Crippen molar-refractivity contribution in [3.8, 4) is 0 Å². The van der Waals surface area contributed by atoms with Crippen LogP contribution in [-0.2, 0) is 43.1 Å². The van der Waals surface area contributed by atoms with E-state index < -0.39 is 77.1 Å². The number of nitrogens with zero attached hydrogens (tertiary/aromatic N) is 5. The van der Waals surface area contributed by atoms with E-state index in [1.165, 1.54) is 66.4 Å². The van der Waals surface area contributed by atoms with Crippen molar-refractivity contribution in [2.75, 3.05) is 73.8 Å². The molecule has 1 aliphatic rings. The molecule has 1 aliphatic heterocycles. The lowest BCUT2D eigenvalue weighted by atomic mass is 9.94. The number of nitrogens with one attached hydrogen (secondary N) is 4. The number of likely N-dealkylation sites (N-methyl/N-ethyl adjacent to an activating group) is 5. The maximum atomic E-state index is 14.5. The van der Waals surface area contributed by atoms with E-state index in [2.05, 4.69) is 26.2 Å². The number of carbonyl (C=O) groups excluding carboxylic acids is 8. The molecule has 1 rings (SSSR count). The van der Waals surface area contributed by atoms with Gasteiger partial charge in [-0.2, -0.15) is 0 Å². The average Bonchev–Trinajstić information content (AvgIpc) is 3.27. The summed E-state index contributed by atoms with van der Waals surface area (Å²) >= 11 is 1.38. The highest BCUT2D eigenvalue weighted by Crippen LogP contribution is 2.24. The SMILES string of the molecule is CCCC(=O)N(C)[C@H](SCCCN1CCOCC1)C(=O)N(C)[C@H](C(=O)N[C@H](C(=O)N(C)[C@@H](CC(C)C)C(=O)N[C@@H](C)C(=O)N[C@H](C)C(=O)N(C)[C@@H](CC(C)C)C(=O)NC)C(C)C)C(C)CC. The van der Waals surface area contributed by atoms with Crippen molar-refractivity contribution in [3.05, 3.63) is 0 Å². The molecule has 0 radical (unpaired) electrons. The van der Waals surface area contributed by atoms with Gasteiger partial charge in [-0.15, -0.1) is 11.8 Å². The standard InChI is InChI=1S/C47H87N9O9S/c1-17-20-37(57)54(15)47(66-26-19-21-56-22-24-65-25-23-56)46(64)55(16)39(32(9)18-2)43(61)51-38(31(7)8)45(63)53(14)36(28-30(5)6)42(60)49-33(10)40(58)50-34(11)44(62)52(13)35(27-29(3)4)41(59)48-12/h29-36,38-39,47H,17-28H2,1-16H3,(H,48,59)(H,49,60)(H,50,58)(H,51,61)/t32?,33-,34+,35-,36-,38-,39-,47+/m0/s1. The fraction of sp³-hybridized carbons (Fsp3) is 0.830. The normalized spacial score (nSPS) is 16.8. The number of hydrogen-bond acceptors (Lipinski definition) is 11. The van der Waals surface area contributed by atoms with Crippen LogP contribution < -0.4 is 21.3 Å². The van der Waals surface area contributed by atoms with Gasteiger partial charge in [-0.25, -0.2) is 0 Å². The van der Waals surface area contributed by atoms with E-state index in [1.54, 1.807) is 27.9 Å². The molecule has 18 nitrogen and oxygen atoms in total. The summed E-state index contributed by atoms with van der Waals surface area (Å²) in [5.41, 5.74) is 0. The van der Waals surface area contributed by atoms with Crippen LogP contribution in [-0.4, -0.2) is 187 Å². The minimum absolute atomic E-state index is 0.0542. The number of hydrogen-bond donors (Lipinski definition) is 4. The first kappa shape index (κ1) is 60.0. The molecule has 0 saturated carbocycles. The molecular weight excluding hydrogens is 867 g/mol. The van der Waals surface area contributed by atoms with Gasteiger partial charge in [0.15, 0.2) is 5.37 Å². The molecule has 1 fully saturated rings. The van der Waals surface area contributed by atoms with Crippen molar-refractivity contribution in [1.82, 2.24) is 45.8 Å². The van der Waals surface area contributed by atoms with Crippen LogP contribution in [0.5, 0.6) is 0 Å². The lowest BCUT2D eigenvalue weighted by Gasteiger charge is -2.38. The fourth-order valence-corrected chi connectivity index (χ4v) is 9.00. The van der Waals surface area contributed by atoms with Crippen molar-refractivity contribution in [2.45, 2.75) is 156 Å². The van der Waals surface area contributed by atoms with Crippen LogP contribution in [0, 0.1) is 23.7 Å². The molecule has 1 unspecified atom stereocenters. The maximum absolute atomic E-state index is 14.5. The molecule has 4 N–H and O–H groups in total. The molecule has 19 heteroatoms. The van der Waals surface area contributed by atoms with Crippen molar-refractivity contribution >= 4 is 59.0 Å². The predicted molar refractivity (Wildman–Crippen MR) is 260 cm³/mol. The van der Waals surface area contributed by atoms with Crippen molar-refractivity contribution < 1.29 is 43.1 Å². The molecule has 8 atom stereocenters. The summed E-state index contributed by atoms with van der Waals surface area (Å²) in [5.74, 6) is -3.71. The van der Waals surface area contributed by atoms with Crippen LogP contribution in [0.2, 0.25) is 0 Å². The second kappa shape index (κ2) is 29.7. The Bertz CT molecular complexity index is 1590. The van der Waals surface area contributed by atoms with Gasteiger partial charge < -0.3 is 45.6 Å². The van der Waals surface area contributed by atoms with Crippen LogP contribution >= 0.6 is 11.8 Å². The molecule has 66 heavy (non-hydrogen) atoms. The minimum Gasteiger partial charge on any atom is -0.379 e. The van der Waals surface area contributed by atoms with Crippen molar-refractivity contribution in [2.24, 2.45) is 23.7 Å². The zero-order valence-corrected chi connectivity index (χ0v) is 44.0. The monoisotopic (exact) mass is 954 g/mol. The Morgan fingerprint density at radius 1 is 0.636 bits per heavy atom. The fourth-order valence-electron chi connectivity index (χ4n) is 7.83. The third kappa shape index (κ3) is 18.6. The lowest BCUT2D eigenvalue weighted by molar-refractivity contribution is -0.148. The Morgan fingerprint density at radius 3 is 1.67 bits per heavy atom. The molecule has 0 aromatic rings. The first-order valence-electron chi connectivity index (χ1n) is 24.0. The van der Waals surface area contributed by atoms with E-state index in [0.717, 1.165) is 26.1 Å². The second-order valence-electron chi connectivity index (χ2n) is 19.1. The van der Waals surface area contributed by atoms with E-state index in [9.17, 15) is 38.4 Å². The predicted octanol–water partition coefficient (Wildman–Crippen LogP) is 2.54. The van der Waals surface area contributed by atoms with Gasteiger partial charge in [-0.1, -0.05) is 68.7 Å². The number of carbonyl (C=O) groups is 8. The largest absolute Gasteiger partial charge is 0.379 e. The van der Waals surface area contributed by atoms with Crippen LogP contribution in [0.4, 0.5) is 0 Å². The summed E-state index contributed by atoms with van der Waals surface area (Å²) in [6, 6.07) is -5.96. The van der Waals surface area contributed by atoms with Gasteiger partial charge in [0.1, 0.15) is 36.3 Å². The van der Waals surface area contributed by atoms with Crippen molar-refractivity contribution in [3.63, 3.8) is 0 Å². The summed E-state index contributed by atoms with van der Waals surface area (Å²) in [4.78, 5) is 118. The van der Waals surface area contributed by atoms with Gasteiger partial charge >= 0.3 is 0 Å². The minimum atomic E-state index is -1.10. The summed E-state index contributed by atoms with van der Waals surface area (Å²) < 4.78 is 5.47. The average molecular weight is 954 g/mol. The van der Waals surface area contributed by atoms with Crippen molar-refractivity contribution in [1.29, 1.82) is 0 Å². The molecule has 0 spiro atoms. The van der Waals surface area contributed by atoms with E-state index in [-0.39, 0.29) is 48.3 Å². The van der Waals surface area contributed by atoms with Crippen LogP contribution in [0.25, 0.3) is 0 Å². The third-order valence-electron chi connectivity index (χ3n) is 12.2. The number of rotatable bonds is 28. The van der Waals surface area contributed by atoms with Gasteiger partial charge in [0.05, 0.1) is 13.2 Å². The quantitative estimate of drug-likeness (QED) is 0.0662. The zero-order chi connectivity index (χ0) is 50.6. The van der Waals surface area contributed by atoms with E-state index in [4.69, 9.17) is 4.74 Å². The first-order chi connectivity index (χ1) is 30.9. The number of thioether (sulfide) groups is 1. The maximum Gasteiger partial charge on any atom is 0.256 e. The molecule has 380 valence electrons. The summed E-state index contributed by atoms with van der Waals surface area (Å²) in [5, 5.41) is 10.0. The Labute approximate surface area is 400 Å². The second-order valence-corrected chi connectivity index (χ2v) is 20.2. The van der Waals surface area contributed by atoms with Gasteiger partial charge in [-0.3, -0.25) is 43.3 Å². The van der Waals surface area contributed by atoms with Gasteiger partial charge in [0.25, 0.3) is 5.91 Å². The van der Waals surface area contributed by atoms with Gasteiger partial charge in [0.2, 0.25) is 41.4 Å². The molecule has 0 bridgehead atoms. The van der Waals surface area contributed by atoms with E-state index >= 15 is 0 Å². The highest BCUT2D eigenvalue weighted by molar-refractivity contribution is 8.00. The van der Waals surface area contributed by atoms with Crippen LogP contribution in [0.1, 0.15) is 115 Å². The van der Waals surface area contributed by atoms with Crippen LogP contribution in [0.3, 0.4) is 0 Å². The Balaban J connectivity index is 3.30. The van der Waals surface area contributed by atoms with Crippen LogP contribution in [0.15, 0.2) is 0 Å². The molecule has 1 heterocycles. The number of amides is 8. The molecular formula is C47H87N9O9S. The molecule has 8 amide bonds. The van der Waals surface area contributed by atoms with Gasteiger partial charge in [0, 0.05) is 54.7 Å². The number of morpholine rings is 1. The summed E-state index contributed by atoms with van der Waals surface area (Å²) in [6.45, 7) is 23.8. The molecule has 1 saturated heterocycles. The Kier molecular flexibility index (Phi) is 27.0.